The highest BCUT2D eigenvalue weighted by Crippen LogP contribution is 2.49. The molecule has 2 aromatic rings. The standard InChI is InChI=1S/C22H23BrN2O/c1-2-12-24-22(26)15-8-11-20-19(13-15)17-4-3-5-18(17)21(25-20)14-6-9-16(23)10-7-14/h3-4,6-11,13,17-18,21,25H,2,5,12H2,1H3,(H,24,26). The minimum Gasteiger partial charge on any atom is -0.378 e. The molecule has 3 unspecified atom stereocenters. The summed E-state index contributed by atoms with van der Waals surface area (Å²) in [5, 5.41) is 6.70. The highest BCUT2D eigenvalue weighted by atomic mass is 79.9. The van der Waals surface area contributed by atoms with Crippen LogP contribution in [0.3, 0.4) is 0 Å². The predicted molar refractivity (Wildman–Crippen MR) is 110 cm³/mol. The molecular formula is C22H23BrN2O. The lowest BCUT2D eigenvalue weighted by Crippen LogP contribution is -2.30. The molecule has 0 bridgehead atoms. The molecule has 134 valence electrons. The fourth-order valence-electron chi connectivity index (χ4n) is 4.08. The van der Waals surface area contributed by atoms with Crippen molar-refractivity contribution in [2.24, 2.45) is 5.92 Å². The monoisotopic (exact) mass is 410 g/mol. The Bertz CT molecular complexity index is 844. The van der Waals surface area contributed by atoms with Crippen molar-refractivity contribution in [3.05, 3.63) is 75.8 Å². The van der Waals surface area contributed by atoms with Crippen LogP contribution in [-0.2, 0) is 0 Å². The lowest BCUT2D eigenvalue weighted by molar-refractivity contribution is 0.0953. The Balaban J connectivity index is 1.66. The Hall–Kier alpha value is -2.07. The Morgan fingerprint density at radius 3 is 2.81 bits per heavy atom. The third-order valence-electron chi connectivity index (χ3n) is 5.39. The molecule has 2 aromatic carbocycles. The summed E-state index contributed by atoms with van der Waals surface area (Å²) < 4.78 is 1.10. The van der Waals surface area contributed by atoms with Crippen molar-refractivity contribution >= 4 is 27.5 Å². The maximum Gasteiger partial charge on any atom is 0.251 e. The van der Waals surface area contributed by atoms with E-state index in [9.17, 15) is 4.79 Å². The van der Waals surface area contributed by atoms with Crippen molar-refractivity contribution in [1.29, 1.82) is 0 Å². The molecule has 0 saturated carbocycles. The van der Waals surface area contributed by atoms with Crippen LogP contribution in [0.25, 0.3) is 0 Å². The van der Waals surface area contributed by atoms with Crippen LogP contribution in [0.4, 0.5) is 5.69 Å². The smallest absolute Gasteiger partial charge is 0.251 e. The van der Waals surface area contributed by atoms with Gasteiger partial charge in [-0.1, -0.05) is 47.1 Å². The van der Waals surface area contributed by atoms with Crippen molar-refractivity contribution in [1.82, 2.24) is 5.32 Å². The summed E-state index contributed by atoms with van der Waals surface area (Å²) in [4.78, 5) is 12.3. The third kappa shape index (κ3) is 3.18. The van der Waals surface area contributed by atoms with Gasteiger partial charge in [0.25, 0.3) is 5.91 Å². The van der Waals surface area contributed by atoms with Crippen LogP contribution in [0.5, 0.6) is 0 Å². The van der Waals surface area contributed by atoms with E-state index in [2.05, 4.69) is 82.0 Å². The van der Waals surface area contributed by atoms with Crippen LogP contribution in [0.15, 0.2) is 59.1 Å². The highest BCUT2D eigenvalue weighted by molar-refractivity contribution is 9.10. The molecule has 1 heterocycles. The van der Waals surface area contributed by atoms with Gasteiger partial charge in [0.15, 0.2) is 0 Å². The number of hydrogen-bond acceptors (Lipinski definition) is 2. The lowest BCUT2D eigenvalue weighted by atomic mass is 9.76. The van der Waals surface area contributed by atoms with Crippen LogP contribution in [-0.4, -0.2) is 12.5 Å². The number of nitrogens with one attached hydrogen (secondary N) is 2. The summed E-state index contributed by atoms with van der Waals surface area (Å²) in [6.07, 6.45) is 6.59. The molecule has 1 aliphatic carbocycles. The molecule has 2 aliphatic rings. The number of fused-ring (bicyclic) bond motifs is 3. The molecule has 2 N–H and O–H groups in total. The van der Waals surface area contributed by atoms with E-state index in [4.69, 9.17) is 0 Å². The van der Waals surface area contributed by atoms with E-state index in [0.29, 0.717) is 18.4 Å². The molecular weight excluding hydrogens is 388 g/mol. The van der Waals surface area contributed by atoms with Crippen LogP contribution < -0.4 is 10.6 Å². The van der Waals surface area contributed by atoms with E-state index in [1.807, 2.05) is 6.07 Å². The molecule has 3 atom stereocenters. The molecule has 0 aromatic heterocycles. The van der Waals surface area contributed by atoms with E-state index in [-0.39, 0.29) is 11.9 Å². The first-order chi connectivity index (χ1) is 12.7. The maximum absolute atomic E-state index is 12.3. The van der Waals surface area contributed by atoms with Gasteiger partial charge in [0.1, 0.15) is 0 Å². The van der Waals surface area contributed by atoms with Crippen molar-refractivity contribution < 1.29 is 4.79 Å². The van der Waals surface area contributed by atoms with Crippen LogP contribution >= 0.6 is 15.9 Å². The quantitative estimate of drug-likeness (QED) is 0.660. The van der Waals surface area contributed by atoms with Gasteiger partial charge in [-0.2, -0.15) is 0 Å². The molecule has 0 radical (unpaired) electrons. The Morgan fingerprint density at radius 2 is 2.04 bits per heavy atom. The van der Waals surface area contributed by atoms with Crippen molar-refractivity contribution in [3.63, 3.8) is 0 Å². The van der Waals surface area contributed by atoms with E-state index in [0.717, 1.165) is 28.6 Å². The number of benzene rings is 2. The van der Waals surface area contributed by atoms with Gasteiger partial charge in [0.2, 0.25) is 0 Å². The Morgan fingerprint density at radius 1 is 1.23 bits per heavy atom. The summed E-state index contributed by atoms with van der Waals surface area (Å²) in [7, 11) is 0. The number of hydrogen-bond donors (Lipinski definition) is 2. The van der Waals surface area contributed by atoms with Gasteiger partial charge in [-0.3, -0.25) is 4.79 Å². The number of anilines is 1. The van der Waals surface area contributed by atoms with Gasteiger partial charge < -0.3 is 10.6 Å². The first-order valence-electron chi connectivity index (χ1n) is 9.28. The first-order valence-corrected chi connectivity index (χ1v) is 10.1. The van der Waals surface area contributed by atoms with E-state index < -0.39 is 0 Å². The average molecular weight is 411 g/mol. The summed E-state index contributed by atoms with van der Waals surface area (Å²) in [5.41, 5.74) is 4.43. The third-order valence-corrected chi connectivity index (χ3v) is 5.92. The van der Waals surface area contributed by atoms with E-state index >= 15 is 0 Å². The molecule has 1 amide bonds. The molecule has 26 heavy (non-hydrogen) atoms. The van der Waals surface area contributed by atoms with Crippen molar-refractivity contribution in [3.8, 4) is 0 Å². The zero-order valence-corrected chi connectivity index (χ0v) is 16.4. The number of allylic oxidation sites excluding steroid dienone is 2. The zero-order valence-electron chi connectivity index (χ0n) is 14.8. The van der Waals surface area contributed by atoms with Crippen LogP contribution in [0.1, 0.15) is 53.2 Å². The number of rotatable bonds is 4. The van der Waals surface area contributed by atoms with Gasteiger partial charge in [0.05, 0.1) is 6.04 Å². The SMILES string of the molecule is CCCNC(=O)c1ccc2c(c1)C1C=CCC1C(c1ccc(Br)cc1)N2. The lowest BCUT2D eigenvalue weighted by Gasteiger charge is -2.37. The Kier molecular flexibility index (Phi) is 4.86. The second-order valence-electron chi connectivity index (χ2n) is 7.08. The highest BCUT2D eigenvalue weighted by Gasteiger charge is 2.38. The van der Waals surface area contributed by atoms with E-state index in [1.54, 1.807) is 0 Å². The van der Waals surface area contributed by atoms with Crippen molar-refractivity contribution in [2.75, 3.05) is 11.9 Å². The van der Waals surface area contributed by atoms with Crippen molar-refractivity contribution in [2.45, 2.75) is 31.7 Å². The fourth-order valence-corrected chi connectivity index (χ4v) is 4.34. The number of halogens is 1. The topological polar surface area (TPSA) is 41.1 Å². The van der Waals surface area contributed by atoms with E-state index in [1.165, 1.54) is 11.1 Å². The van der Waals surface area contributed by atoms with Gasteiger partial charge in [-0.25, -0.2) is 0 Å². The molecule has 0 fully saturated rings. The largest absolute Gasteiger partial charge is 0.378 e. The average Bonchev–Trinajstić information content (AvgIpc) is 3.16. The molecule has 3 nitrogen and oxygen atoms in total. The minimum absolute atomic E-state index is 0.0169. The second-order valence-corrected chi connectivity index (χ2v) is 8.00. The Labute approximate surface area is 163 Å². The first kappa shape index (κ1) is 17.3. The maximum atomic E-state index is 12.3. The summed E-state index contributed by atoms with van der Waals surface area (Å²) >= 11 is 3.52. The number of carbonyl (C=O) groups is 1. The number of carbonyl (C=O) groups excluding carboxylic acids is 1. The van der Waals surface area contributed by atoms with Crippen LogP contribution in [0, 0.1) is 5.92 Å². The molecule has 0 saturated heterocycles. The van der Waals surface area contributed by atoms with Crippen LogP contribution in [0.2, 0.25) is 0 Å². The fraction of sp³-hybridized carbons (Fsp3) is 0.318. The summed E-state index contributed by atoms with van der Waals surface area (Å²) in [6.45, 7) is 2.78. The minimum atomic E-state index is 0.0169. The van der Waals surface area contributed by atoms with Gasteiger partial charge in [-0.15, -0.1) is 0 Å². The summed E-state index contributed by atoms with van der Waals surface area (Å²) in [6, 6.07) is 14.9. The second kappa shape index (κ2) is 7.28. The van der Waals surface area contributed by atoms with Gasteiger partial charge in [-0.05, 0) is 60.2 Å². The zero-order chi connectivity index (χ0) is 18.1. The summed E-state index contributed by atoms with van der Waals surface area (Å²) in [5.74, 6) is 0.861. The normalized spacial score (nSPS) is 23.1. The molecule has 4 heteroatoms. The predicted octanol–water partition coefficient (Wildman–Crippen LogP) is 5.42. The number of amides is 1. The molecule has 1 aliphatic heterocycles. The van der Waals surface area contributed by atoms with Gasteiger partial charge >= 0.3 is 0 Å². The van der Waals surface area contributed by atoms with Gasteiger partial charge in [0, 0.05) is 28.2 Å². The molecule has 0 spiro atoms. The molecule has 4 rings (SSSR count).